The van der Waals surface area contributed by atoms with Gasteiger partial charge in [0.05, 0.1) is 6.20 Å². The third-order valence-corrected chi connectivity index (χ3v) is 3.02. The van der Waals surface area contributed by atoms with E-state index in [1.54, 1.807) is 6.20 Å². The number of aromatic nitrogens is 2. The number of nitrogens with zero attached hydrogens (tertiary/aromatic N) is 3. The molecule has 1 heterocycles. The maximum atomic E-state index is 6.17. The van der Waals surface area contributed by atoms with E-state index in [0.717, 1.165) is 18.8 Å². The van der Waals surface area contributed by atoms with Gasteiger partial charge in [-0.25, -0.2) is 10.8 Å². The van der Waals surface area contributed by atoms with Crippen LogP contribution in [0.2, 0.25) is 5.02 Å². The number of unbranched alkanes of at least 4 members (excludes halogenated alkanes) is 2. The number of nitrogens with one attached hydrogen (secondary N) is 1. The lowest BCUT2D eigenvalue weighted by Crippen LogP contribution is -2.33. The molecule has 1 aromatic rings. The number of anilines is 2. The lowest BCUT2D eigenvalue weighted by atomic mass is 10.2. The van der Waals surface area contributed by atoms with Crippen molar-refractivity contribution in [2.45, 2.75) is 46.1 Å². The average molecular weight is 272 g/mol. The molecular weight excluding hydrogens is 250 g/mol. The molecule has 0 spiro atoms. The van der Waals surface area contributed by atoms with Gasteiger partial charge < -0.3 is 4.90 Å². The van der Waals surface area contributed by atoms with Crippen LogP contribution >= 0.6 is 11.6 Å². The zero-order valence-corrected chi connectivity index (χ0v) is 12.0. The Morgan fingerprint density at radius 2 is 2.17 bits per heavy atom. The quantitative estimate of drug-likeness (QED) is 0.453. The molecule has 0 atom stereocenters. The van der Waals surface area contributed by atoms with Gasteiger partial charge in [-0.2, -0.15) is 4.98 Å². The molecule has 1 aromatic heterocycles. The van der Waals surface area contributed by atoms with Gasteiger partial charge in [-0.3, -0.25) is 5.43 Å². The second-order valence-corrected chi connectivity index (χ2v) is 4.91. The molecule has 0 aliphatic rings. The molecule has 18 heavy (non-hydrogen) atoms. The summed E-state index contributed by atoms with van der Waals surface area (Å²) in [5, 5.41) is 0.555. The highest BCUT2D eigenvalue weighted by molar-refractivity contribution is 6.32. The highest BCUT2D eigenvalue weighted by Gasteiger charge is 2.16. The van der Waals surface area contributed by atoms with Crippen LogP contribution in [0.3, 0.4) is 0 Å². The predicted molar refractivity (Wildman–Crippen MR) is 76.9 cm³/mol. The number of rotatable bonds is 7. The first-order chi connectivity index (χ1) is 8.60. The number of nitrogen functional groups attached to an aromatic ring is 1. The van der Waals surface area contributed by atoms with Gasteiger partial charge in [0.1, 0.15) is 5.02 Å². The molecule has 0 bridgehead atoms. The highest BCUT2D eigenvalue weighted by Crippen LogP contribution is 2.25. The average Bonchev–Trinajstić information content (AvgIpc) is 2.35. The van der Waals surface area contributed by atoms with Crippen LogP contribution < -0.4 is 16.2 Å². The van der Waals surface area contributed by atoms with Crippen LogP contribution in [0, 0.1) is 0 Å². The molecule has 0 saturated carbocycles. The van der Waals surface area contributed by atoms with Gasteiger partial charge in [0.2, 0.25) is 5.95 Å². The van der Waals surface area contributed by atoms with Crippen LogP contribution in [0.25, 0.3) is 0 Å². The van der Waals surface area contributed by atoms with Crippen molar-refractivity contribution in [2.24, 2.45) is 5.84 Å². The summed E-state index contributed by atoms with van der Waals surface area (Å²) in [6, 6.07) is 0.333. The van der Waals surface area contributed by atoms with Crippen molar-refractivity contribution in [3.05, 3.63) is 11.2 Å². The van der Waals surface area contributed by atoms with Crippen LogP contribution in [0.15, 0.2) is 6.20 Å². The zero-order chi connectivity index (χ0) is 13.5. The highest BCUT2D eigenvalue weighted by atomic mass is 35.5. The summed E-state index contributed by atoms with van der Waals surface area (Å²) in [6.45, 7) is 7.37. The molecule has 1 rings (SSSR count). The van der Waals surface area contributed by atoms with Gasteiger partial charge in [-0.05, 0) is 20.3 Å². The van der Waals surface area contributed by atoms with Crippen molar-refractivity contribution < 1.29 is 0 Å². The van der Waals surface area contributed by atoms with E-state index in [-0.39, 0.29) is 0 Å². The maximum Gasteiger partial charge on any atom is 0.239 e. The van der Waals surface area contributed by atoms with Crippen LogP contribution in [-0.2, 0) is 0 Å². The monoisotopic (exact) mass is 271 g/mol. The molecule has 0 aliphatic carbocycles. The summed E-state index contributed by atoms with van der Waals surface area (Å²) in [5.41, 5.74) is 2.45. The smallest absolute Gasteiger partial charge is 0.239 e. The first kappa shape index (κ1) is 15.0. The Morgan fingerprint density at radius 3 is 2.72 bits per heavy atom. The van der Waals surface area contributed by atoms with Gasteiger partial charge in [0, 0.05) is 12.6 Å². The third kappa shape index (κ3) is 3.99. The molecule has 0 saturated heterocycles. The van der Waals surface area contributed by atoms with E-state index in [1.165, 1.54) is 12.8 Å². The topological polar surface area (TPSA) is 67.1 Å². The molecule has 0 aliphatic heterocycles. The van der Waals surface area contributed by atoms with E-state index in [1.807, 2.05) is 0 Å². The van der Waals surface area contributed by atoms with E-state index in [0.29, 0.717) is 17.0 Å². The van der Waals surface area contributed by atoms with Crippen molar-refractivity contribution in [1.82, 2.24) is 9.97 Å². The van der Waals surface area contributed by atoms with Crippen molar-refractivity contribution in [1.29, 1.82) is 0 Å². The van der Waals surface area contributed by atoms with Gasteiger partial charge in [0.25, 0.3) is 0 Å². The maximum absolute atomic E-state index is 6.17. The molecule has 0 amide bonds. The fourth-order valence-electron chi connectivity index (χ4n) is 1.77. The largest absolute Gasteiger partial charge is 0.353 e. The standard InChI is InChI=1S/C12H22ClN5/c1-4-5-6-7-18(9(2)3)11-10(13)8-15-12(16-11)17-14/h8-9H,4-7,14H2,1-3H3,(H,15,16,17). The molecular formula is C12H22ClN5. The summed E-state index contributed by atoms with van der Waals surface area (Å²) in [6.07, 6.45) is 5.10. The van der Waals surface area contributed by atoms with Crippen LogP contribution in [0.1, 0.15) is 40.0 Å². The Hall–Kier alpha value is -1.07. The SMILES string of the molecule is CCCCCN(c1nc(NN)ncc1Cl)C(C)C. The Morgan fingerprint density at radius 1 is 1.44 bits per heavy atom. The minimum Gasteiger partial charge on any atom is -0.353 e. The van der Waals surface area contributed by atoms with E-state index in [9.17, 15) is 0 Å². The molecule has 0 radical (unpaired) electrons. The van der Waals surface area contributed by atoms with Gasteiger partial charge in [-0.15, -0.1) is 0 Å². The molecule has 3 N–H and O–H groups in total. The summed E-state index contributed by atoms with van der Waals surface area (Å²) in [5.74, 6) is 6.46. The summed E-state index contributed by atoms with van der Waals surface area (Å²) >= 11 is 6.17. The number of hydrogen-bond acceptors (Lipinski definition) is 5. The van der Waals surface area contributed by atoms with E-state index in [4.69, 9.17) is 17.4 Å². The van der Waals surface area contributed by atoms with Gasteiger partial charge >= 0.3 is 0 Å². The van der Waals surface area contributed by atoms with Crippen molar-refractivity contribution >= 4 is 23.4 Å². The van der Waals surface area contributed by atoms with Gasteiger partial charge in [0.15, 0.2) is 5.82 Å². The Labute approximate surface area is 114 Å². The Bertz CT molecular complexity index is 369. The zero-order valence-electron chi connectivity index (χ0n) is 11.3. The fraction of sp³-hybridized carbons (Fsp3) is 0.667. The van der Waals surface area contributed by atoms with Crippen LogP contribution in [0.5, 0.6) is 0 Å². The number of hydrogen-bond donors (Lipinski definition) is 2. The molecule has 5 nitrogen and oxygen atoms in total. The minimum atomic E-state index is 0.333. The predicted octanol–water partition coefficient (Wildman–Crippen LogP) is 2.82. The number of halogens is 1. The van der Waals surface area contributed by atoms with Gasteiger partial charge in [-0.1, -0.05) is 31.4 Å². The minimum absolute atomic E-state index is 0.333. The molecule has 6 heteroatoms. The molecule has 102 valence electrons. The Kier molecular flexibility index (Phi) is 6.15. The Balaban J connectivity index is 2.90. The number of nitrogens with two attached hydrogens (primary N) is 1. The lowest BCUT2D eigenvalue weighted by Gasteiger charge is -2.28. The fourth-order valence-corrected chi connectivity index (χ4v) is 1.97. The second-order valence-electron chi connectivity index (χ2n) is 4.50. The van der Waals surface area contributed by atoms with Crippen molar-refractivity contribution in [3.63, 3.8) is 0 Å². The summed E-state index contributed by atoms with van der Waals surface area (Å²) in [4.78, 5) is 10.5. The van der Waals surface area contributed by atoms with Crippen molar-refractivity contribution in [3.8, 4) is 0 Å². The van der Waals surface area contributed by atoms with E-state index < -0.39 is 0 Å². The normalized spacial score (nSPS) is 10.8. The molecule has 0 aromatic carbocycles. The molecule has 0 unspecified atom stereocenters. The lowest BCUT2D eigenvalue weighted by molar-refractivity contribution is 0.619. The number of hydrazine groups is 1. The summed E-state index contributed by atoms with van der Waals surface area (Å²) in [7, 11) is 0. The first-order valence-corrected chi connectivity index (χ1v) is 6.73. The van der Waals surface area contributed by atoms with Crippen molar-refractivity contribution in [2.75, 3.05) is 16.9 Å². The van der Waals surface area contributed by atoms with Crippen LogP contribution in [0.4, 0.5) is 11.8 Å². The van der Waals surface area contributed by atoms with E-state index >= 15 is 0 Å². The van der Waals surface area contributed by atoms with Crippen LogP contribution in [-0.4, -0.2) is 22.6 Å². The molecule has 0 fully saturated rings. The van der Waals surface area contributed by atoms with E-state index in [2.05, 4.69) is 41.1 Å². The first-order valence-electron chi connectivity index (χ1n) is 6.36. The second kappa shape index (κ2) is 7.38. The third-order valence-electron chi connectivity index (χ3n) is 2.75. The summed E-state index contributed by atoms with van der Waals surface area (Å²) < 4.78 is 0.